The van der Waals surface area contributed by atoms with Crippen molar-refractivity contribution in [1.82, 2.24) is 14.8 Å². The summed E-state index contributed by atoms with van der Waals surface area (Å²) in [5.74, 6) is 0.178. The predicted octanol–water partition coefficient (Wildman–Crippen LogP) is 2.68. The minimum absolute atomic E-state index is 0.178. The molecule has 1 aliphatic heterocycles. The first-order valence-electron chi connectivity index (χ1n) is 9.73. The standard InChI is InChI=1S/C22H29N3O2/c1-19-3-5-20(6-4-19)17-22(26)25(18-21-7-9-23-10-8-21)12-2-11-24-13-15-27-16-14-24/h3-10H,2,11-18H2,1H3. The van der Waals surface area contributed by atoms with Crippen LogP contribution in [0, 0.1) is 6.92 Å². The third-order valence-electron chi connectivity index (χ3n) is 4.96. The van der Waals surface area contributed by atoms with Crippen LogP contribution in [0.15, 0.2) is 48.8 Å². The summed E-state index contributed by atoms with van der Waals surface area (Å²) in [6.07, 6.45) is 4.99. The van der Waals surface area contributed by atoms with Crippen molar-refractivity contribution in [3.8, 4) is 0 Å². The van der Waals surface area contributed by atoms with Crippen LogP contribution in [0.4, 0.5) is 0 Å². The van der Waals surface area contributed by atoms with E-state index in [0.29, 0.717) is 13.0 Å². The summed E-state index contributed by atoms with van der Waals surface area (Å²) in [5.41, 5.74) is 3.40. The average molecular weight is 367 g/mol. The summed E-state index contributed by atoms with van der Waals surface area (Å²) in [7, 11) is 0. The molecule has 2 heterocycles. The maximum absolute atomic E-state index is 13.0. The third-order valence-corrected chi connectivity index (χ3v) is 4.96. The van der Waals surface area contributed by atoms with Crippen molar-refractivity contribution in [2.45, 2.75) is 26.3 Å². The first-order valence-corrected chi connectivity index (χ1v) is 9.73. The normalized spacial score (nSPS) is 14.9. The number of benzene rings is 1. The maximum Gasteiger partial charge on any atom is 0.227 e. The first kappa shape index (κ1) is 19.5. The number of aromatic nitrogens is 1. The number of hydrogen-bond donors (Lipinski definition) is 0. The maximum atomic E-state index is 13.0. The number of carbonyl (C=O) groups is 1. The Hall–Kier alpha value is -2.24. The van der Waals surface area contributed by atoms with Crippen LogP contribution in [0.25, 0.3) is 0 Å². The molecule has 1 aliphatic rings. The molecule has 27 heavy (non-hydrogen) atoms. The van der Waals surface area contributed by atoms with Gasteiger partial charge in [0.25, 0.3) is 0 Å². The SMILES string of the molecule is Cc1ccc(CC(=O)N(CCCN2CCOCC2)Cc2ccncc2)cc1. The molecule has 144 valence electrons. The molecule has 5 heteroatoms. The lowest BCUT2D eigenvalue weighted by molar-refractivity contribution is -0.131. The van der Waals surface area contributed by atoms with Gasteiger partial charge < -0.3 is 9.64 Å². The summed E-state index contributed by atoms with van der Waals surface area (Å²) in [5, 5.41) is 0. The summed E-state index contributed by atoms with van der Waals surface area (Å²) in [6, 6.07) is 12.2. The van der Waals surface area contributed by atoms with E-state index in [2.05, 4.69) is 28.9 Å². The molecule has 0 N–H and O–H groups in total. The van der Waals surface area contributed by atoms with E-state index in [-0.39, 0.29) is 5.91 Å². The van der Waals surface area contributed by atoms with Gasteiger partial charge in [-0.3, -0.25) is 14.7 Å². The lowest BCUT2D eigenvalue weighted by Gasteiger charge is -2.28. The van der Waals surface area contributed by atoms with Crippen LogP contribution in [0.1, 0.15) is 23.1 Å². The molecule has 0 spiro atoms. The predicted molar refractivity (Wildman–Crippen MR) is 106 cm³/mol. The smallest absolute Gasteiger partial charge is 0.227 e. The second kappa shape index (κ2) is 10.2. The van der Waals surface area contributed by atoms with E-state index in [1.54, 1.807) is 12.4 Å². The Morgan fingerprint density at radius 3 is 2.48 bits per heavy atom. The average Bonchev–Trinajstić information content (AvgIpc) is 2.70. The van der Waals surface area contributed by atoms with E-state index in [1.165, 1.54) is 5.56 Å². The van der Waals surface area contributed by atoms with Crippen molar-refractivity contribution >= 4 is 5.91 Å². The van der Waals surface area contributed by atoms with Gasteiger partial charge in [-0.25, -0.2) is 0 Å². The van der Waals surface area contributed by atoms with Gasteiger partial charge in [-0.2, -0.15) is 0 Å². The van der Waals surface area contributed by atoms with Gasteiger partial charge in [-0.1, -0.05) is 29.8 Å². The molecular formula is C22H29N3O2. The monoisotopic (exact) mass is 367 g/mol. The number of carbonyl (C=O) groups excluding carboxylic acids is 1. The minimum Gasteiger partial charge on any atom is -0.379 e. The van der Waals surface area contributed by atoms with Crippen molar-refractivity contribution in [3.05, 3.63) is 65.5 Å². The number of nitrogens with zero attached hydrogens (tertiary/aromatic N) is 3. The molecule has 0 saturated carbocycles. The Morgan fingerprint density at radius 2 is 1.78 bits per heavy atom. The van der Waals surface area contributed by atoms with Gasteiger partial charge in [0.2, 0.25) is 5.91 Å². The highest BCUT2D eigenvalue weighted by Crippen LogP contribution is 2.10. The van der Waals surface area contributed by atoms with E-state index in [0.717, 1.165) is 56.9 Å². The van der Waals surface area contributed by atoms with E-state index in [9.17, 15) is 4.79 Å². The molecule has 5 nitrogen and oxygen atoms in total. The van der Waals surface area contributed by atoms with Gasteiger partial charge >= 0.3 is 0 Å². The largest absolute Gasteiger partial charge is 0.379 e. The molecule has 2 aromatic rings. The second-order valence-corrected chi connectivity index (χ2v) is 7.14. The van der Waals surface area contributed by atoms with Gasteiger partial charge in [-0.05, 0) is 36.6 Å². The molecule has 3 rings (SSSR count). The van der Waals surface area contributed by atoms with Crippen molar-refractivity contribution in [3.63, 3.8) is 0 Å². The molecule has 1 aromatic carbocycles. The van der Waals surface area contributed by atoms with Crippen molar-refractivity contribution < 1.29 is 9.53 Å². The van der Waals surface area contributed by atoms with E-state index in [4.69, 9.17) is 4.74 Å². The number of hydrogen-bond acceptors (Lipinski definition) is 4. The van der Waals surface area contributed by atoms with Crippen LogP contribution in [0.3, 0.4) is 0 Å². The van der Waals surface area contributed by atoms with Gasteiger partial charge in [-0.15, -0.1) is 0 Å². The molecular weight excluding hydrogens is 338 g/mol. The van der Waals surface area contributed by atoms with Crippen molar-refractivity contribution in [2.75, 3.05) is 39.4 Å². The van der Waals surface area contributed by atoms with Crippen LogP contribution in [0.2, 0.25) is 0 Å². The minimum atomic E-state index is 0.178. The van der Waals surface area contributed by atoms with E-state index < -0.39 is 0 Å². The quantitative estimate of drug-likeness (QED) is 0.720. The number of ether oxygens (including phenoxy) is 1. The zero-order valence-electron chi connectivity index (χ0n) is 16.1. The number of amides is 1. The van der Waals surface area contributed by atoms with Crippen molar-refractivity contribution in [1.29, 1.82) is 0 Å². The summed E-state index contributed by atoms with van der Waals surface area (Å²) >= 11 is 0. The van der Waals surface area contributed by atoms with Crippen LogP contribution in [-0.2, 0) is 22.5 Å². The van der Waals surface area contributed by atoms with Gasteiger partial charge in [0.15, 0.2) is 0 Å². The highest BCUT2D eigenvalue weighted by Gasteiger charge is 2.16. The van der Waals surface area contributed by atoms with Gasteiger partial charge in [0.05, 0.1) is 19.6 Å². The Morgan fingerprint density at radius 1 is 1.07 bits per heavy atom. The highest BCUT2D eigenvalue weighted by molar-refractivity contribution is 5.78. The molecule has 1 aromatic heterocycles. The van der Waals surface area contributed by atoms with E-state index in [1.807, 2.05) is 29.2 Å². The first-order chi connectivity index (χ1) is 13.2. The Labute approximate surface area is 162 Å². The lowest BCUT2D eigenvalue weighted by Crippen LogP contribution is -2.39. The Bertz CT molecular complexity index is 697. The zero-order valence-corrected chi connectivity index (χ0v) is 16.1. The fourth-order valence-electron chi connectivity index (χ4n) is 3.30. The molecule has 0 radical (unpaired) electrons. The molecule has 1 fully saturated rings. The summed E-state index contributed by atoms with van der Waals surface area (Å²) < 4.78 is 5.41. The van der Waals surface area contributed by atoms with E-state index >= 15 is 0 Å². The number of morpholine rings is 1. The summed E-state index contributed by atoms with van der Waals surface area (Å²) in [6.45, 7) is 8.07. The van der Waals surface area contributed by atoms with Crippen LogP contribution in [0.5, 0.6) is 0 Å². The van der Waals surface area contributed by atoms with Crippen LogP contribution >= 0.6 is 0 Å². The molecule has 0 unspecified atom stereocenters. The Balaban J connectivity index is 1.59. The highest BCUT2D eigenvalue weighted by atomic mass is 16.5. The second-order valence-electron chi connectivity index (χ2n) is 7.14. The van der Waals surface area contributed by atoms with Crippen LogP contribution < -0.4 is 0 Å². The van der Waals surface area contributed by atoms with Crippen molar-refractivity contribution in [2.24, 2.45) is 0 Å². The lowest BCUT2D eigenvalue weighted by atomic mass is 10.1. The number of rotatable bonds is 8. The molecule has 0 atom stereocenters. The molecule has 1 saturated heterocycles. The molecule has 0 aliphatic carbocycles. The summed E-state index contributed by atoms with van der Waals surface area (Å²) in [4.78, 5) is 21.4. The number of aryl methyl sites for hydroxylation is 1. The third kappa shape index (κ3) is 6.45. The Kier molecular flexibility index (Phi) is 7.36. The molecule has 1 amide bonds. The number of pyridine rings is 1. The van der Waals surface area contributed by atoms with Gasteiger partial charge in [0.1, 0.15) is 0 Å². The van der Waals surface area contributed by atoms with Gasteiger partial charge in [0, 0.05) is 45.1 Å². The fraction of sp³-hybridized carbons (Fsp3) is 0.455. The zero-order chi connectivity index (χ0) is 18.9. The van der Waals surface area contributed by atoms with Crippen LogP contribution in [-0.4, -0.2) is 60.1 Å². The molecule has 0 bridgehead atoms. The topological polar surface area (TPSA) is 45.7 Å². The fourth-order valence-corrected chi connectivity index (χ4v) is 3.30.